The number of anilines is 1. The molecule has 2 aromatic heterocycles. The molecule has 0 aliphatic carbocycles. The van der Waals surface area contributed by atoms with E-state index in [0.29, 0.717) is 12.4 Å². The summed E-state index contributed by atoms with van der Waals surface area (Å²) in [7, 11) is 0. The highest BCUT2D eigenvalue weighted by atomic mass is 16.2. The van der Waals surface area contributed by atoms with Crippen molar-refractivity contribution in [1.82, 2.24) is 14.8 Å². The van der Waals surface area contributed by atoms with Crippen molar-refractivity contribution in [2.45, 2.75) is 19.4 Å². The van der Waals surface area contributed by atoms with Gasteiger partial charge in [0.25, 0.3) is 0 Å². The topological polar surface area (TPSA) is 106 Å². The number of H-pyrrole nitrogens is 1. The number of amides is 2. The summed E-state index contributed by atoms with van der Waals surface area (Å²) in [5.74, 6) is -0.0698. The van der Waals surface area contributed by atoms with Crippen LogP contribution in [0.2, 0.25) is 0 Å². The van der Waals surface area contributed by atoms with Gasteiger partial charge in [0, 0.05) is 42.3 Å². The van der Waals surface area contributed by atoms with Crippen LogP contribution in [0.4, 0.5) is 5.82 Å². The van der Waals surface area contributed by atoms with E-state index in [1.807, 2.05) is 30.5 Å². The Kier molecular flexibility index (Phi) is 4.09. The van der Waals surface area contributed by atoms with E-state index in [1.54, 1.807) is 16.9 Å². The molecule has 0 aliphatic heterocycles. The second kappa shape index (κ2) is 6.35. The van der Waals surface area contributed by atoms with Gasteiger partial charge >= 0.3 is 0 Å². The van der Waals surface area contributed by atoms with Crippen molar-refractivity contribution < 1.29 is 9.59 Å². The Morgan fingerprint density at radius 1 is 1.26 bits per heavy atom. The average molecular weight is 311 g/mol. The normalized spacial score (nSPS) is 10.8. The van der Waals surface area contributed by atoms with Gasteiger partial charge in [0.1, 0.15) is 0 Å². The summed E-state index contributed by atoms with van der Waals surface area (Å²) in [6.07, 6.45) is 4.02. The smallest absolute Gasteiger partial charge is 0.230 e. The molecule has 0 aliphatic rings. The number of primary amides is 1. The van der Waals surface area contributed by atoms with Gasteiger partial charge in [-0.05, 0) is 11.6 Å². The number of aromatic nitrogens is 3. The van der Waals surface area contributed by atoms with Crippen LogP contribution >= 0.6 is 0 Å². The molecule has 0 fully saturated rings. The molecule has 0 unspecified atom stereocenters. The van der Waals surface area contributed by atoms with Gasteiger partial charge in [-0.25, -0.2) is 0 Å². The zero-order valence-corrected chi connectivity index (χ0v) is 12.5. The summed E-state index contributed by atoms with van der Waals surface area (Å²) in [6.45, 7) is 0.396. The summed E-state index contributed by atoms with van der Waals surface area (Å²) in [5.41, 5.74) is 7.04. The van der Waals surface area contributed by atoms with E-state index in [9.17, 15) is 9.59 Å². The molecule has 1 aromatic carbocycles. The summed E-state index contributed by atoms with van der Waals surface area (Å²) in [4.78, 5) is 26.0. The predicted octanol–water partition coefficient (Wildman–Crippen LogP) is 1.42. The molecule has 0 atom stereocenters. The van der Waals surface area contributed by atoms with Crippen LogP contribution in [0, 0.1) is 0 Å². The van der Waals surface area contributed by atoms with E-state index < -0.39 is 0 Å². The van der Waals surface area contributed by atoms with Crippen LogP contribution in [0.25, 0.3) is 10.9 Å². The van der Waals surface area contributed by atoms with Crippen LogP contribution in [0.5, 0.6) is 0 Å². The highest BCUT2D eigenvalue weighted by Crippen LogP contribution is 2.18. The van der Waals surface area contributed by atoms with Crippen molar-refractivity contribution in [2.24, 2.45) is 5.73 Å². The molecule has 7 heteroatoms. The molecule has 0 radical (unpaired) electrons. The molecule has 7 nitrogen and oxygen atoms in total. The van der Waals surface area contributed by atoms with Crippen LogP contribution in [-0.4, -0.2) is 26.6 Å². The first kappa shape index (κ1) is 14.8. The van der Waals surface area contributed by atoms with Crippen molar-refractivity contribution in [3.63, 3.8) is 0 Å². The lowest BCUT2D eigenvalue weighted by atomic mass is 10.1. The highest BCUT2D eigenvalue weighted by molar-refractivity contribution is 5.95. The third-order valence-corrected chi connectivity index (χ3v) is 3.52. The van der Waals surface area contributed by atoms with Gasteiger partial charge < -0.3 is 16.0 Å². The molecular formula is C16H17N5O2. The molecule has 3 aromatic rings. The molecule has 118 valence electrons. The largest absolute Gasteiger partial charge is 0.370 e. The first-order chi connectivity index (χ1) is 11.1. The first-order valence-electron chi connectivity index (χ1n) is 7.28. The Balaban J connectivity index is 1.62. The number of hydrogen-bond donors (Lipinski definition) is 3. The van der Waals surface area contributed by atoms with Crippen molar-refractivity contribution >= 4 is 28.5 Å². The summed E-state index contributed by atoms with van der Waals surface area (Å²) >= 11 is 0. The van der Waals surface area contributed by atoms with Gasteiger partial charge in [-0.3, -0.25) is 14.3 Å². The number of carbonyl (C=O) groups excluding carboxylic acids is 2. The fourth-order valence-corrected chi connectivity index (χ4v) is 2.42. The second-order valence-corrected chi connectivity index (χ2v) is 5.26. The predicted molar refractivity (Wildman–Crippen MR) is 86.7 cm³/mol. The number of hydrogen-bond acceptors (Lipinski definition) is 3. The zero-order valence-electron chi connectivity index (χ0n) is 12.5. The maximum absolute atomic E-state index is 12.2. The van der Waals surface area contributed by atoms with Crippen molar-refractivity contribution in [3.05, 3.63) is 48.3 Å². The van der Waals surface area contributed by atoms with E-state index in [4.69, 9.17) is 5.73 Å². The maximum atomic E-state index is 12.2. The minimum Gasteiger partial charge on any atom is -0.370 e. The number of fused-ring (bicyclic) bond motifs is 1. The van der Waals surface area contributed by atoms with E-state index >= 15 is 0 Å². The lowest BCUT2D eigenvalue weighted by molar-refractivity contribution is -0.118. The fraction of sp³-hybridized carbons (Fsp3) is 0.188. The number of nitrogens with one attached hydrogen (secondary N) is 2. The standard InChI is InChI=1S/C16H17N5O2/c17-14(22)5-7-21-8-6-15(20-21)19-16(23)9-11-10-18-13-4-2-1-3-12(11)13/h1-4,6,8,10,18H,5,7,9H2,(H2,17,22)(H,19,20,23). The van der Waals surface area contributed by atoms with Crippen molar-refractivity contribution in [3.8, 4) is 0 Å². The quantitative estimate of drug-likeness (QED) is 0.641. The molecule has 23 heavy (non-hydrogen) atoms. The minimum absolute atomic E-state index is 0.144. The average Bonchev–Trinajstić information content (AvgIpc) is 3.13. The number of rotatable bonds is 6. The Morgan fingerprint density at radius 3 is 2.91 bits per heavy atom. The number of aromatic amines is 1. The highest BCUT2D eigenvalue weighted by Gasteiger charge is 2.10. The number of nitrogens with two attached hydrogens (primary N) is 1. The fourth-order valence-electron chi connectivity index (χ4n) is 2.42. The lowest BCUT2D eigenvalue weighted by Gasteiger charge is -2.02. The molecule has 2 amide bonds. The third-order valence-electron chi connectivity index (χ3n) is 3.52. The lowest BCUT2D eigenvalue weighted by Crippen LogP contribution is -2.16. The summed E-state index contributed by atoms with van der Waals surface area (Å²) < 4.78 is 1.58. The number of carbonyl (C=O) groups is 2. The van der Waals surface area contributed by atoms with Gasteiger partial charge in [0.15, 0.2) is 5.82 Å². The number of nitrogens with zero attached hydrogens (tertiary/aromatic N) is 2. The second-order valence-electron chi connectivity index (χ2n) is 5.26. The van der Waals surface area contributed by atoms with E-state index in [2.05, 4.69) is 15.4 Å². The van der Waals surface area contributed by atoms with Gasteiger partial charge in [-0.15, -0.1) is 0 Å². The maximum Gasteiger partial charge on any atom is 0.230 e. The van der Waals surface area contributed by atoms with Crippen LogP contribution in [0.3, 0.4) is 0 Å². The Bertz CT molecular complexity index is 849. The minimum atomic E-state index is -0.384. The van der Waals surface area contributed by atoms with E-state index in [1.165, 1.54) is 0 Å². The summed E-state index contributed by atoms with van der Waals surface area (Å²) in [5, 5.41) is 7.97. The first-order valence-corrected chi connectivity index (χ1v) is 7.28. The van der Waals surface area contributed by atoms with Crippen LogP contribution in [-0.2, 0) is 22.6 Å². The van der Waals surface area contributed by atoms with Gasteiger partial charge in [-0.1, -0.05) is 18.2 Å². The van der Waals surface area contributed by atoms with Gasteiger partial charge in [0.2, 0.25) is 11.8 Å². The molecule has 4 N–H and O–H groups in total. The summed E-state index contributed by atoms with van der Waals surface area (Å²) in [6, 6.07) is 9.53. The number of aryl methyl sites for hydroxylation is 1. The molecule has 0 bridgehead atoms. The molecule has 3 rings (SSSR count). The Hall–Kier alpha value is -3.09. The zero-order chi connectivity index (χ0) is 16.2. The Labute approximate surface area is 132 Å². The molecule has 0 saturated carbocycles. The van der Waals surface area contributed by atoms with Crippen molar-refractivity contribution in [1.29, 1.82) is 0 Å². The SMILES string of the molecule is NC(=O)CCn1ccc(NC(=O)Cc2c[nH]c3ccccc23)n1. The Morgan fingerprint density at radius 2 is 2.09 bits per heavy atom. The van der Waals surface area contributed by atoms with Crippen LogP contribution in [0.15, 0.2) is 42.7 Å². The van der Waals surface area contributed by atoms with Crippen LogP contribution in [0.1, 0.15) is 12.0 Å². The van der Waals surface area contributed by atoms with E-state index in [0.717, 1.165) is 16.5 Å². The molecule has 0 saturated heterocycles. The number of para-hydroxylation sites is 1. The molecule has 2 heterocycles. The van der Waals surface area contributed by atoms with Crippen molar-refractivity contribution in [2.75, 3.05) is 5.32 Å². The van der Waals surface area contributed by atoms with Gasteiger partial charge in [0.05, 0.1) is 6.42 Å². The van der Waals surface area contributed by atoms with E-state index in [-0.39, 0.29) is 24.7 Å². The third kappa shape index (κ3) is 3.57. The van der Waals surface area contributed by atoms with Crippen LogP contribution < -0.4 is 11.1 Å². The van der Waals surface area contributed by atoms with Gasteiger partial charge in [-0.2, -0.15) is 5.10 Å². The molecular weight excluding hydrogens is 294 g/mol. The number of benzene rings is 1. The monoisotopic (exact) mass is 311 g/mol. The molecule has 0 spiro atoms.